The van der Waals surface area contributed by atoms with E-state index in [-0.39, 0.29) is 12.5 Å². The Morgan fingerprint density at radius 1 is 1.00 bits per heavy atom. The number of piperidine rings is 1. The van der Waals surface area contributed by atoms with Crippen molar-refractivity contribution in [3.8, 4) is 17.0 Å². The number of aromatic nitrogens is 2. The zero-order valence-corrected chi connectivity index (χ0v) is 19.0. The first-order chi connectivity index (χ1) is 15.5. The molecule has 0 atom stereocenters. The third-order valence-electron chi connectivity index (χ3n) is 5.98. The molecular weight excluding hydrogens is 400 g/mol. The molecule has 2 aromatic carbocycles. The highest BCUT2D eigenvalue weighted by atomic mass is 16.5. The van der Waals surface area contributed by atoms with Gasteiger partial charge >= 0.3 is 0 Å². The summed E-state index contributed by atoms with van der Waals surface area (Å²) in [5.41, 5.74) is 4.53. The molecule has 1 aliphatic heterocycles. The van der Waals surface area contributed by atoms with E-state index in [4.69, 9.17) is 4.74 Å². The number of nitrogens with zero attached hydrogens (tertiary/aromatic N) is 3. The van der Waals surface area contributed by atoms with E-state index in [9.17, 15) is 4.79 Å². The van der Waals surface area contributed by atoms with Gasteiger partial charge in [-0.3, -0.25) is 4.79 Å². The first kappa shape index (κ1) is 21.8. The zero-order valence-electron chi connectivity index (χ0n) is 19.0. The molecule has 0 radical (unpaired) electrons. The molecule has 1 aliphatic rings. The Kier molecular flexibility index (Phi) is 6.69. The summed E-state index contributed by atoms with van der Waals surface area (Å²) in [6.07, 6.45) is 2.40. The highest BCUT2D eigenvalue weighted by Gasteiger charge is 2.17. The Morgan fingerprint density at radius 2 is 1.69 bits per heavy atom. The molecule has 1 amide bonds. The fourth-order valence-electron chi connectivity index (χ4n) is 3.97. The van der Waals surface area contributed by atoms with Crippen LogP contribution in [0, 0.1) is 19.8 Å². The number of amides is 1. The summed E-state index contributed by atoms with van der Waals surface area (Å²) in [5.74, 6) is 2.29. The molecule has 1 fully saturated rings. The molecule has 6 nitrogen and oxygen atoms in total. The van der Waals surface area contributed by atoms with Crippen LogP contribution in [0.25, 0.3) is 11.3 Å². The fourth-order valence-corrected chi connectivity index (χ4v) is 3.97. The maximum Gasteiger partial charge on any atom is 0.262 e. The first-order valence-corrected chi connectivity index (χ1v) is 11.2. The maximum atomic E-state index is 12.3. The van der Waals surface area contributed by atoms with Crippen LogP contribution >= 0.6 is 0 Å². The van der Waals surface area contributed by atoms with Crippen LogP contribution in [-0.2, 0) is 4.79 Å². The van der Waals surface area contributed by atoms with Crippen molar-refractivity contribution in [2.24, 2.45) is 5.92 Å². The van der Waals surface area contributed by atoms with Gasteiger partial charge in [0.15, 0.2) is 12.4 Å². The molecule has 2 heterocycles. The summed E-state index contributed by atoms with van der Waals surface area (Å²) in [5, 5.41) is 11.7. The second-order valence-corrected chi connectivity index (χ2v) is 8.58. The molecule has 166 valence electrons. The number of hydrogen-bond acceptors (Lipinski definition) is 5. The van der Waals surface area contributed by atoms with Crippen molar-refractivity contribution in [3.05, 3.63) is 65.7 Å². The lowest BCUT2D eigenvalue weighted by molar-refractivity contribution is -0.118. The van der Waals surface area contributed by atoms with Crippen LogP contribution in [0.2, 0.25) is 0 Å². The molecule has 4 rings (SSSR count). The largest absolute Gasteiger partial charge is 0.483 e. The van der Waals surface area contributed by atoms with Gasteiger partial charge in [0.25, 0.3) is 5.91 Å². The van der Waals surface area contributed by atoms with Gasteiger partial charge in [0.05, 0.1) is 5.69 Å². The smallest absolute Gasteiger partial charge is 0.262 e. The van der Waals surface area contributed by atoms with E-state index >= 15 is 0 Å². The second-order valence-electron chi connectivity index (χ2n) is 8.58. The minimum Gasteiger partial charge on any atom is -0.483 e. The predicted molar refractivity (Wildman–Crippen MR) is 128 cm³/mol. The van der Waals surface area contributed by atoms with E-state index in [1.165, 1.54) is 12.8 Å². The van der Waals surface area contributed by atoms with Gasteiger partial charge in [-0.15, -0.1) is 10.2 Å². The topological polar surface area (TPSA) is 67.3 Å². The molecule has 6 heteroatoms. The lowest BCUT2D eigenvalue weighted by atomic mass is 9.99. The number of benzene rings is 2. The number of carbonyl (C=O) groups excluding carboxylic acids is 1. The van der Waals surface area contributed by atoms with Crippen molar-refractivity contribution in [1.29, 1.82) is 0 Å². The lowest BCUT2D eigenvalue weighted by Crippen LogP contribution is -2.33. The van der Waals surface area contributed by atoms with Crippen LogP contribution in [-0.4, -0.2) is 35.8 Å². The average molecular weight is 431 g/mol. The predicted octanol–water partition coefficient (Wildman–Crippen LogP) is 5.01. The van der Waals surface area contributed by atoms with Crippen molar-refractivity contribution in [3.63, 3.8) is 0 Å². The molecule has 0 spiro atoms. The molecule has 1 saturated heterocycles. The van der Waals surface area contributed by atoms with Crippen LogP contribution in [0.4, 0.5) is 11.5 Å². The highest BCUT2D eigenvalue weighted by Crippen LogP contribution is 2.24. The zero-order chi connectivity index (χ0) is 22.5. The third kappa shape index (κ3) is 5.25. The van der Waals surface area contributed by atoms with Gasteiger partial charge < -0.3 is 15.0 Å². The summed E-state index contributed by atoms with van der Waals surface area (Å²) >= 11 is 0. The van der Waals surface area contributed by atoms with Crippen molar-refractivity contribution < 1.29 is 9.53 Å². The van der Waals surface area contributed by atoms with Crippen LogP contribution in [0.3, 0.4) is 0 Å². The molecule has 32 heavy (non-hydrogen) atoms. The summed E-state index contributed by atoms with van der Waals surface area (Å²) in [6, 6.07) is 17.6. The molecule has 1 aromatic heterocycles. The minimum absolute atomic E-state index is 0.0321. The van der Waals surface area contributed by atoms with Crippen molar-refractivity contribution in [1.82, 2.24) is 10.2 Å². The SMILES string of the molecule is Cc1cccc(C)c1OCC(=O)Nc1ccc(-c2ccc(N3CCC(C)CC3)nn2)cc1. The molecule has 0 saturated carbocycles. The minimum atomic E-state index is -0.194. The summed E-state index contributed by atoms with van der Waals surface area (Å²) in [7, 11) is 0. The summed E-state index contributed by atoms with van der Waals surface area (Å²) in [6.45, 7) is 8.29. The van der Waals surface area contributed by atoms with Gasteiger partial charge in [-0.05, 0) is 68.0 Å². The second kappa shape index (κ2) is 9.81. The first-order valence-electron chi connectivity index (χ1n) is 11.2. The van der Waals surface area contributed by atoms with Crippen LogP contribution in [0.5, 0.6) is 5.75 Å². The summed E-state index contributed by atoms with van der Waals surface area (Å²) < 4.78 is 5.73. The van der Waals surface area contributed by atoms with Gasteiger partial charge in [0, 0.05) is 24.3 Å². The number of rotatable bonds is 6. The monoisotopic (exact) mass is 430 g/mol. The van der Waals surface area contributed by atoms with Gasteiger partial charge in [0.2, 0.25) is 0 Å². The number of carbonyl (C=O) groups is 1. The van der Waals surface area contributed by atoms with Crippen LogP contribution in [0.1, 0.15) is 30.9 Å². The van der Waals surface area contributed by atoms with Gasteiger partial charge in [0.1, 0.15) is 5.75 Å². The number of hydrogen-bond donors (Lipinski definition) is 1. The van der Waals surface area contributed by atoms with E-state index in [0.717, 1.165) is 58.6 Å². The number of ether oxygens (including phenoxy) is 1. The normalized spacial score (nSPS) is 14.3. The molecule has 0 aliphatic carbocycles. The van der Waals surface area contributed by atoms with E-state index in [1.807, 2.05) is 68.4 Å². The van der Waals surface area contributed by atoms with Gasteiger partial charge in [-0.25, -0.2) is 0 Å². The average Bonchev–Trinajstić information content (AvgIpc) is 2.80. The fraction of sp³-hybridized carbons (Fsp3) is 0.346. The van der Waals surface area contributed by atoms with E-state index in [0.29, 0.717) is 0 Å². The van der Waals surface area contributed by atoms with Crippen molar-refractivity contribution >= 4 is 17.4 Å². The molecule has 0 bridgehead atoms. The lowest BCUT2D eigenvalue weighted by Gasteiger charge is -2.30. The molecule has 1 N–H and O–H groups in total. The van der Waals surface area contributed by atoms with Crippen LogP contribution in [0.15, 0.2) is 54.6 Å². The number of aryl methyl sites for hydroxylation is 2. The Bertz CT molecular complexity index is 1040. The quantitative estimate of drug-likeness (QED) is 0.595. The molecule has 3 aromatic rings. The van der Waals surface area contributed by atoms with Crippen LogP contribution < -0.4 is 15.0 Å². The summed E-state index contributed by atoms with van der Waals surface area (Å²) in [4.78, 5) is 14.6. The van der Waals surface area contributed by atoms with Crippen molar-refractivity contribution in [2.75, 3.05) is 29.9 Å². The number of anilines is 2. The van der Waals surface area contributed by atoms with E-state index < -0.39 is 0 Å². The van der Waals surface area contributed by atoms with Gasteiger partial charge in [-0.1, -0.05) is 37.3 Å². The Morgan fingerprint density at radius 3 is 2.31 bits per heavy atom. The molecule has 0 unspecified atom stereocenters. The van der Waals surface area contributed by atoms with E-state index in [2.05, 4.69) is 27.3 Å². The Labute approximate surface area is 189 Å². The third-order valence-corrected chi connectivity index (χ3v) is 5.98. The Balaban J connectivity index is 1.33. The highest BCUT2D eigenvalue weighted by molar-refractivity contribution is 5.92. The standard InChI is InChI=1S/C26H30N4O2/c1-18-13-15-30(16-14-18)24-12-11-23(28-29-24)21-7-9-22(10-8-21)27-25(31)17-32-26-19(2)5-4-6-20(26)3/h4-12,18H,13-17H2,1-3H3,(H,27,31). The van der Waals surface area contributed by atoms with Crippen molar-refractivity contribution in [2.45, 2.75) is 33.6 Å². The number of para-hydroxylation sites is 1. The molecular formula is C26H30N4O2. The number of nitrogens with one attached hydrogen (secondary N) is 1. The maximum absolute atomic E-state index is 12.3. The Hall–Kier alpha value is -3.41. The van der Waals surface area contributed by atoms with E-state index in [1.54, 1.807) is 0 Å². The van der Waals surface area contributed by atoms with Gasteiger partial charge in [-0.2, -0.15) is 0 Å².